The third-order valence-corrected chi connectivity index (χ3v) is 7.82. The van der Waals surface area contributed by atoms with E-state index in [2.05, 4.69) is 19.9 Å². The molecule has 0 spiro atoms. The van der Waals surface area contributed by atoms with E-state index in [0.717, 1.165) is 29.9 Å². The molecule has 1 N–H and O–H groups in total. The molecule has 2 fully saturated rings. The van der Waals surface area contributed by atoms with Crippen LogP contribution in [0.2, 0.25) is 0 Å². The predicted octanol–water partition coefficient (Wildman–Crippen LogP) is 4.74. The van der Waals surface area contributed by atoms with Gasteiger partial charge in [0.25, 0.3) is 5.91 Å². The van der Waals surface area contributed by atoms with Gasteiger partial charge in [0, 0.05) is 24.0 Å². The molecule has 2 aromatic rings. The van der Waals surface area contributed by atoms with Crippen molar-refractivity contribution in [2.75, 3.05) is 6.54 Å². The maximum Gasteiger partial charge on any atom is 0.274 e. The fourth-order valence-electron chi connectivity index (χ4n) is 5.31. The summed E-state index contributed by atoms with van der Waals surface area (Å²) >= 11 is 0. The second-order valence-corrected chi connectivity index (χ2v) is 10.7. The number of amides is 1. The topological polar surface area (TPSA) is 70.7 Å². The molecule has 1 amide bonds. The molecule has 1 saturated heterocycles. The number of piperidine rings is 1. The Balaban J connectivity index is 1.68. The van der Waals surface area contributed by atoms with E-state index in [1.54, 1.807) is 4.90 Å². The lowest BCUT2D eigenvalue weighted by Crippen LogP contribution is -2.64. The number of aliphatic hydroxyl groups is 1. The van der Waals surface area contributed by atoms with Crippen LogP contribution in [0.15, 0.2) is 12.1 Å². The molecule has 170 valence electrons. The number of hydrogen-bond donors (Lipinski definition) is 1. The van der Waals surface area contributed by atoms with Crippen molar-refractivity contribution in [3.63, 3.8) is 0 Å². The number of carbonyl (C=O) groups is 1. The maximum atomic E-state index is 13.5. The van der Waals surface area contributed by atoms with Crippen LogP contribution in [0.1, 0.15) is 107 Å². The number of nitrogens with zero attached hydrogens (tertiary/aromatic N) is 4. The average Bonchev–Trinajstić information content (AvgIpc) is 3.13. The molecule has 6 heteroatoms. The van der Waals surface area contributed by atoms with Crippen molar-refractivity contribution in [1.29, 1.82) is 0 Å². The Labute approximate surface area is 186 Å². The zero-order valence-electron chi connectivity index (χ0n) is 19.8. The number of hydrogen-bond acceptors (Lipinski definition) is 4. The first-order valence-electron chi connectivity index (χ1n) is 12.0. The summed E-state index contributed by atoms with van der Waals surface area (Å²) in [5.74, 6) is 0.869. The quantitative estimate of drug-likeness (QED) is 0.766. The van der Waals surface area contributed by atoms with Crippen molar-refractivity contribution < 1.29 is 9.90 Å². The molecule has 6 nitrogen and oxygen atoms in total. The third kappa shape index (κ3) is 4.11. The van der Waals surface area contributed by atoms with E-state index in [9.17, 15) is 9.90 Å². The van der Waals surface area contributed by atoms with Crippen molar-refractivity contribution in [3.8, 4) is 0 Å². The highest BCUT2D eigenvalue weighted by molar-refractivity contribution is 5.94. The van der Waals surface area contributed by atoms with Crippen molar-refractivity contribution in [3.05, 3.63) is 29.2 Å². The summed E-state index contributed by atoms with van der Waals surface area (Å²) in [6.07, 6.45) is 9.07. The highest BCUT2D eigenvalue weighted by Crippen LogP contribution is 2.37. The van der Waals surface area contributed by atoms with Gasteiger partial charge < -0.3 is 10.0 Å². The van der Waals surface area contributed by atoms with Crippen molar-refractivity contribution in [1.82, 2.24) is 19.5 Å². The molecule has 1 aliphatic heterocycles. The number of aromatic nitrogens is 3. The van der Waals surface area contributed by atoms with Crippen LogP contribution in [0.25, 0.3) is 5.65 Å². The minimum atomic E-state index is -0.922. The van der Waals surface area contributed by atoms with Crippen molar-refractivity contribution in [2.24, 2.45) is 5.92 Å². The Kier molecular flexibility index (Phi) is 5.88. The zero-order valence-corrected chi connectivity index (χ0v) is 19.8. The first-order chi connectivity index (χ1) is 14.6. The normalized spacial score (nSPS) is 24.8. The summed E-state index contributed by atoms with van der Waals surface area (Å²) in [5.41, 5.74) is 1.80. The Morgan fingerprint density at radius 1 is 1.16 bits per heavy atom. The zero-order chi connectivity index (χ0) is 22.4. The van der Waals surface area contributed by atoms with Gasteiger partial charge in [0.15, 0.2) is 11.3 Å². The van der Waals surface area contributed by atoms with E-state index in [4.69, 9.17) is 10.1 Å². The maximum absolute atomic E-state index is 13.5. The van der Waals surface area contributed by atoms with Gasteiger partial charge in [-0.2, -0.15) is 5.10 Å². The summed E-state index contributed by atoms with van der Waals surface area (Å²) in [6, 6.07) is 4.02. The summed E-state index contributed by atoms with van der Waals surface area (Å²) < 4.78 is 1.84. The number of carbonyl (C=O) groups excluding carboxylic acids is 1. The Hall–Kier alpha value is -1.95. The van der Waals surface area contributed by atoms with Crippen LogP contribution in [-0.4, -0.2) is 48.2 Å². The standard InChI is InChI=1S/C25H38N4O2/c1-17(2)21-15-19(14-18-10-7-6-8-11-18)26-22-16-20(27-29(21)22)23(30)28-13-9-12-25(5,31)24(28,3)4/h15-18,31H,6-14H2,1-5H3. The Morgan fingerprint density at radius 3 is 2.55 bits per heavy atom. The van der Waals surface area contributed by atoms with Gasteiger partial charge in [0.05, 0.1) is 11.1 Å². The molecule has 0 bridgehead atoms. The summed E-state index contributed by atoms with van der Waals surface area (Å²) in [4.78, 5) is 20.2. The van der Waals surface area contributed by atoms with Crippen LogP contribution in [0, 0.1) is 5.92 Å². The van der Waals surface area contributed by atoms with E-state index < -0.39 is 11.1 Å². The van der Waals surface area contributed by atoms with Gasteiger partial charge in [-0.15, -0.1) is 0 Å². The molecule has 1 aliphatic carbocycles. The molecule has 0 aromatic carbocycles. The first kappa shape index (κ1) is 22.3. The van der Waals surface area contributed by atoms with Gasteiger partial charge in [-0.05, 0) is 57.9 Å². The minimum Gasteiger partial charge on any atom is -0.388 e. The SMILES string of the molecule is CC(C)c1cc(CC2CCCCC2)nc2cc(C(=O)N3CCCC(C)(O)C3(C)C)nn12. The Morgan fingerprint density at radius 2 is 1.87 bits per heavy atom. The molecule has 1 unspecified atom stereocenters. The second-order valence-electron chi connectivity index (χ2n) is 10.7. The van der Waals surface area contributed by atoms with Crippen molar-refractivity contribution in [2.45, 2.75) is 103 Å². The van der Waals surface area contributed by atoms with Gasteiger partial charge in [0.2, 0.25) is 0 Å². The Bertz CT molecular complexity index is 954. The molecule has 0 radical (unpaired) electrons. The smallest absolute Gasteiger partial charge is 0.274 e. The van der Waals surface area contributed by atoms with E-state index >= 15 is 0 Å². The minimum absolute atomic E-state index is 0.126. The van der Waals surface area contributed by atoms with E-state index in [-0.39, 0.29) is 11.8 Å². The molecule has 2 aliphatic rings. The largest absolute Gasteiger partial charge is 0.388 e. The van der Waals surface area contributed by atoms with Crippen LogP contribution in [0.4, 0.5) is 0 Å². The van der Waals surface area contributed by atoms with E-state index in [1.165, 1.54) is 32.1 Å². The summed E-state index contributed by atoms with van der Waals surface area (Å²) in [6.45, 7) is 10.7. The highest BCUT2D eigenvalue weighted by Gasteiger charge is 2.48. The van der Waals surface area contributed by atoms with Crippen LogP contribution < -0.4 is 0 Å². The summed E-state index contributed by atoms with van der Waals surface area (Å²) in [5, 5.41) is 15.6. The van der Waals surface area contributed by atoms with Crippen molar-refractivity contribution >= 4 is 11.6 Å². The molecule has 2 aromatic heterocycles. The number of rotatable bonds is 4. The highest BCUT2D eigenvalue weighted by atomic mass is 16.3. The van der Waals surface area contributed by atoms with Crippen LogP contribution >= 0.6 is 0 Å². The first-order valence-corrected chi connectivity index (χ1v) is 12.0. The fraction of sp³-hybridized carbons (Fsp3) is 0.720. The molecule has 1 saturated carbocycles. The molecule has 1 atom stereocenters. The molecule has 3 heterocycles. The monoisotopic (exact) mass is 426 g/mol. The molecule has 31 heavy (non-hydrogen) atoms. The molecular formula is C25H38N4O2. The third-order valence-electron chi connectivity index (χ3n) is 7.82. The lowest BCUT2D eigenvalue weighted by atomic mass is 9.76. The molecule has 4 rings (SSSR count). The van der Waals surface area contributed by atoms with E-state index in [1.807, 2.05) is 31.4 Å². The number of likely N-dealkylation sites (tertiary alicyclic amines) is 1. The van der Waals surface area contributed by atoms with Gasteiger partial charge in [-0.1, -0.05) is 46.0 Å². The predicted molar refractivity (Wildman–Crippen MR) is 122 cm³/mol. The second kappa shape index (κ2) is 8.19. The van der Waals surface area contributed by atoms with E-state index in [0.29, 0.717) is 24.6 Å². The van der Waals surface area contributed by atoms with Crippen LogP contribution in [-0.2, 0) is 6.42 Å². The fourth-order valence-corrected chi connectivity index (χ4v) is 5.31. The van der Waals surface area contributed by atoms with Crippen LogP contribution in [0.5, 0.6) is 0 Å². The van der Waals surface area contributed by atoms with Gasteiger partial charge in [0.1, 0.15) is 0 Å². The van der Waals surface area contributed by atoms with Gasteiger partial charge >= 0.3 is 0 Å². The summed E-state index contributed by atoms with van der Waals surface area (Å²) in [7, 11) is 0. The van der Waals surface area contributed by atoms with Gasteiger partial charge in [-0.3, -0.25) is 4.79 Å². The van der Waals surface area contributed by atoms with Crippen LogP contribution in [0.3, 0.4) is 0 Å². The number of fused-ring (bicyclic) bond motifs is 1. The lowest BCUT2D eigenvalue weighted by molar-refractivity contribution is -0.101. The van der Waals surface area contributed by atoms with Gasteiger partial charge in [-0.25, -0.2) is 9.50 Å². The lowest BCUT2D eigenvalue weighted by Gasteiger charge is -2.51. The average molecular weight is 427 g/mol. The molecular weight excluding hydrogens is 388 g/mol.